The van der Waals surface area contributed by atoms with Crippen LogP contribution in [-0.2, 0) is 9.53 Å². The third-order valence-electron chi connectivity index (χ3n) is 2.76. The van der Waals surface area contributed by atoms with Crippen LogP contribution in [-0.4, -0.2) is 39.9 Å². The van der Waals surface area contributed by atoms with Crippen molar-refractivity contribution in [2.75, 3.05) is 33.2 Å². The first-order valence-electron chi connectivity index (χ1n) is 5.99. The summed E-state index contributed by atoms with van der Waals surface area (Å²) in [7, 11) is 4.61. The maximum absolute atomic E-state index is 11.9. The number of methoxy groups -OCH3 is 3. The van der Waals surface area contributed by atoms with Crippen molar-refractivity contribution < 1.29 is 19.0 Å². The van der Waals surface area contributed by atoms with Crippen LogP contribution in [0, 0.1) is 0 Å². The van der Waals surface area contributed by atoms with Gasteiger partial charge in [0.2, 0.25) is 5.91 Å². The second kappa shape index (κ2) is 8.08. The van der Waals surface area contributed by atoms with Crippen LogP contribution < -0.4 is 20.5 Å². The molecule has 1 atom stereocenters. The quantitative estimate of drug-likeness (QED) is 0.786. The molecule has 112 valence electrons. The molecular formula is C13H19BrN2O4. The minimum atomic E-state index is -0.297. The summed E-state index contributed by atoms with van der Waals surface area (Å²) in [6.45, 7) is 0.289. The van der Waals surface area contributed by atoms with Crippen molar-refractivity contribution in [3.63, 3.8) is 0 Å². The highest BCUT2D eigenvalue weighted by atomic mass is 79.9. The van der Waals surface area contributed by atoms with Crippen LogP contribution in [0.1, 0.15) is 6.42 Å². The standard InChI is InChI=1S/C13H19BrN2O4/c1-18-8(7-15)4-13(17)16-10-6-12(20-3)11(19-2)5-9(10)14/h5-6,8H,4,7,15H2,1-3H3,(H,16,17). The van der Waals surface area contributed by atoms with Crippen molar-refractivity contribution in [1.29, 1.82) is 0 Å². The van der Waals surface area contributed by atoms with E-state index >= 15 is 0 Å². The minimum Gasteiger partial charge on any atom is -0.493 e. The summed E-state index contributed by atoms with van der Waals surface area (Å²) in [6.07, 6.45) is -0.109. The van der Waals surface area contributed by atoms with Crippen LogP contribution in [0.5, 0.6) is 11.5 Å². The van der Waals surface area contributed by atoms with Gasteiger partial charge in [-0.3, -0.25) is 4.79 Å². The zero-order valence-corrected chi connectivity index (χ0v) is 13.3. The third-order valence-corrected chi connectivity index (χ3v) is 3.41. The van der Waals surface area contributed by atoms with E-state index in [1.54, 1.807) is 19.2 Å². The molecule has 0 heterocycles. The Balaban J connectivity index is 2.84. The lowest BCUT2D eigenvalue weighted by Crippen LogP contribution is -2.28. The summed E-state index contributed by atoms with van der Waals surface area (Å²) in [6, 6.07) is 3.41. The molecular weight excluding hydrogens is 328 g/mol. The fourth-order valence-corrected chi connectivity index (χ4v) is 2.04. The molecule has 0 aromatic heterocycles. The normalized spacial score (nSPS) is 11.8. The monoisotopic (exact) mass is 346 g/mol. The average Bonchev–Trinajstić information content (AvgIpc) is 2.46. The fraction of sp³-hybridized carbons (Fsp3) is 0.462. The van der Waals surface area contributed by atoms with Gasteiger partial charge in [-0.15, -0.1) is 0 Å². The van der Waals surface area contributed by atoms with Crippen LogP contribution in [0.3, 0.4) is 0 Å². The number of nitrogens with one attached hydrogen (secondary N) is 1. The van der Waals surface area contributed by atoms with Crippen molar-refractivity contribution in [3.8, 4) is 11.5 Å². The zero-order chi connectivity index (χ0) is 15.1. The highest BCUT2D eigenvalue weighted by molar-refractivity contribution is 9.10. The maximum atomic E-state index is 11.9. The van der Waals surface area contributed by atoms with E-state index < -0.39 is 0 Å². The van der Waals surface area contributed by atoms with Crippen LogP contribution >= 0.6 is 15.9 Å². The topological polar surface area (TPSA) is 82.8 Å². The second-order valence-electron chi connectivity index (χ2n) is 4.03. The highest BCUT2D eigenvalue weighted by Crippen LogP contribution is 2.36. The van der Waals surface area contributed by atoms with Crippen molar-refractivity contribution in [2.24, 2.45) is 5.73 Å². The zero-order valence-electron chi connectivity index (χ0n) is 11.7. The van der Waals surface area contributed by atoms with Crippen LogP contribution in [0.4, 0.5) is 5.69 Å². The Morgan fingerprint density at radius 2 is 1.90 bits per heavy atom. The molecule has 0 fully saturated rings. The summed E-state index contributed by atoms with van der Waals surface area (Å²) in [5.74, 6) is 0.928. The Bertz CT molecular complexity index is 464. The van der Waals surface area contributed by atoms with E-state index in [9.17, 15) is 4.79 Å². The van der Waals surface area contributed by atoms with Gasteiger partial charge in [0.25, 0.3) is 0 Å². The number of hydrogen-bond donors (Lipinski definition) is 2. The smallest absolute Gasteiger partial charge is 0.227 e. The van der Waals surface area contributed by atoms with Gasteiger partial charge >= 0.3 is 0 Å². The first-order valence-corrected chi connectivity index (χ1v) is 6.79. The van der Waals surface area contributed by atoms with Crippen molar-refractivity contribution in [3.05, 3.63) is 16.6 Å². The number of rotatable bonds is 7. The first kappa shape index (κ1) is 16.7. The molecule has 7 heteroatoms. The van der Waals surface area contributed by atoms with E-state index in [0.717, 1.165) is 0 Å². The molecule has 0 saturated carbocycles. The maximum Gasteiger partial charge on any atom is 0.227 e. The Morgan fingerprint density at radius 1 is 1.30 bits per heavy atom. The lowest BCUT2D eigenvalue weighted by atomic mass is 10.2. The molecule has 1 unspecified atom stereocenters. The number of ether oxygens (including phenoxy) is 3. The molecule has 0 radical (unpaired) electrons. The van der Waals surface area contributed by atoms with E-state index in [4.69, 9.17) is 19.9 Å². The fourth-order valence-electron chi connectivity index (χ4n) is 1.62. The summed E-state index contributed by atoms with van der Waals surface area (Å²) >= 11 is 3.37. The second-order valence-corrected chi connectivity index (χ2v) is 4.89. The molecule has 0 saturated heterocycles. The molecule has 0 bridgehead atoms. The van der Waals surface area contributed by atoms with Gasteiger partial charge in [0.05, 0.1) is 32.4 Å². The summed E-state index contributed by atoms with van der Waals surface area (Å²) in [5, 5.41) is 2.78. The molecule has 1 aromatic carbocycles. The highest BCUT2D eigenvalue weighted by Gasteiger charge is 2.15. The lowest BCUT2D eigenvalue weighted by molar-refractivity contribution is -0.118. The lowest BCUT2D eigenvalue weighted by Gasteiger charge is -2.15. The number of amides is 1. The Morgan fingerprint density at radius 3 is 2.40 bits per heavy atom. The van der Waals surface area contributed by atoms with Crippen LogP contribution in [0.25, 0.3) is 0 Å². The van der Waals surface area contributed by atoms with Crippen molar-refractivity contribution in [1.82, 2.24) is 0 Å². The molecule has 1 rings (SSSR count). The summed E-state index contributed by atoms with van der Waals surface area (Å²) in [5.41, 5.74) is 6.08. The molecule has 0 aliphatic carbocycles. The predicted octanol–water partition coefficient (Wildman–Crippen LogP) is 1.77. The van der Waals surface area contributed by atoms with Crippen LogP contribution in [0.2, 0.25) is 0 Å². The van der Waals surface area contributed by atoms with E-state index in [1.165, 1.54) is 14.2 Å². The van der Waals surface area contributed by atoms with Gasteiger partial charge in [-0.05, 0) is 15.9 Å². The van der Waals surface area contributed by atoms with Gasteiger partial charge in [-0.1, -0.05) is 0 Å². The van der Waals surface area contributed by atoms with Gasteiger partial charge in [0, 0.05) is 30.3 Å². The van der Waals surface area contributed by atoms with Crippen molar-refractivity contribution in [2.45, 2.75) is 12.5 Å². The van der Waals surface area contributed by atoms with E-state index in [1.807, 2.05) is 0 Å². The van der Waals surface area contributed by atoms with Gasteiger partial charge in [0.1, 0.15) is 0 Å². The molecule has 0 aliphatic heterocycles. The van der Waals surface area contributed by atoms with E-state index in [2.05, 4.69) is 21.2 Å². The number of benzene rings is 1. The number of hydrogen-bond acceptors (Lipinski definition) is 5. The third kappa shape index (κ3) is 4.36. The molecule has 6 nitrogen and oxygen atoms in total. The van der Waals surface area contributed by atoms with Gasteiger partial charge in [-0.25, -0.2) is 0 Å². The van der Waals surface area contributed by atoms with Gasteiger partial charge < -0.3 is 25.3 Å². The SMILES string of the molecule is COc1cc(Br)c(NC(=O)CC(CN)OC)cc1OC. The molecule has 3 N–H and O–H groups in total. The molecule has 0 aliphatic rings. The van der Waals surface area contributed by atoms with Gasteiger partial charge in [0.15, 0.2) is 11.5 Å². The number of nitrogens with two attached hydrogens (primary N) is 1. The molecule has 1 amide bonds. The van der Waals surface area contributed by atoms with E-state index in [0.29, 0.717) is 21.7 Å². The Kier molecular flexibility index (Phi) is 6.77. The first-order chi connectivity index (χ1) is 9.55. The number of anilines is 1. The summed E-state index contributed by atoms with van der Waals surface area (Å²) < 4.78 is 16.1. The predicted molar refractivity (Wildman–Crippen MR) is 80.3 cm³/mol. The Hall–Kier alpha value is -1.31. The molecule has 1 aromatic rings. The Labute approximate surface area is 126 Å². The molecule has 20 heavy (non-hydrogen) atoms. The summed E-state index contributed by atoms with van der Waals surface area (Å²) in [4.78, 5) is 11.9. The minimum absolute atomic E-state index is 0.185. The van der Waals surface area contributed by atoms with Crippen LogP contribution in [0.15, 0.2) is 16.6 Å². The number of carbonyl (C=O) groups excluding carboxylic acids is 1. The number of carbonyl (C=O) groups is 1. The molecule has 0 spiro atoms. The van der Waals surface area contributed by atoms with E-state index in [-0.39, 0.29) is 25.0 Å². The van der Waals surface area contributed by atoms with Crippen molar-refractivity contribution >= 4 is 27.5 Å². The largest absolute Gasteiger partial charge is 0.493 e. The van der Waals surface area contributed by atoms with Gasteiger partial charge in [-0.2, -0.15) is 0 Å². The number of halogens is 1. The average molecular weight is 347 g/mol.